The molecule has 1 rings (SSSR count). The molecule has 5 heteroatoms. The van der Waals surface area contributed by atoms with E-state index in [2.05, 4.69) is 17.2 Å². The largest absolute Gasteiger partial charge is 0.461 e. The third-order valence-corrected chi connectivity index (χ3v) is 2.09. The van der Waals surface area contributed by atoms with Crippen molar-refractivity contribution in [3.05, 3.63) is 11.4 Å². The fraction of sp³-hybridized carbons (Fsp3) is 0.700. The number of hydrogen-bond acceptors (Lipinski definition) is 4. The monoisotopic (exact) mass is 211 g/mol. The van der Waals surface area contributed by atoms with Crippen LogP contribution in [0.3, 0.4) is 0 Å². The van der Waals surface area contributed by atoms with Gasteiger partial charge in [-0.3, -0.25) is 0 Å². The predicted molar refractivity (Wildman–Crippen MR) is 55.6 cm³/mol. The Balaban J connectivity index is 2.95. The van der Waals surface area contributed by atoms with Crippen LogP contribution in [0.25, 0.3) is 0 Å². The van der Waals surface area contributed by atoms with Gasteiger partial charge >= 0.3 is 5.97 Å². The molecule has 1 aromatic heterocycles. The summed E-state index contributed by atoms with van der Waals surface area (Å²) in [5.41, 5.74) is 1.24. The number of aryl methyl sites for hydroxylation is 1. The molecule has 0 fully saturated rings. The molecule has 0 bridgehead atoms. The summed E-state index contributed by atoms with van der Waals surface area (Å²) in [7, 11) is 0. The van der Waals surface area contributed by atoms with Gasteiger partial charge < -0.3 is 4.74 Å². The van der Waals surface area contributed by atoms with E-state index >= 15 is 0 Å². The van der Waals surface area contributed by atoms with Crippen LogP contribution in [0.2, 0.25) is 0 Å². The lowest BCUT2D eigenvalue weighted by Crippen LogP contribution is -2.10. The van der Waals surface area contributed by atoms with Gasteiger partial charge in [0.25, 0.3) is 0 Å². The fourth-order valence-corrected chi connectivity index (χ4v) is 1.43. The van der Waals surface area contributed by atoms with Crippen molar-refractivity contribution in [2.75, 3.05) is 6.61 Å². The van der Waals surface area contributed by atoms with Crippen molar-refractivity contribution in [2.24, 2.45) is 0 Å². The van der Waals surface area contributed by atoms with Crippen LogP contribution < -0.4 is 0 Å². The minimum Gasteiger partial charge on any atom is -0.461 e. The molecular weight excluding hydrogens is 194 g/mol. The van der Waals surface area contributed by atoms with E-state index in [1.54, 1.807) is 11.6 Å². The second-order valence-electron chi connectivity index (χ2n) is 3.17. The highest BCUT2D eigenvalue weighted by molar-refractivity contribution is 5.88. The summed E-state index contributed by atoms with van der Waals surface area (Å²) in [4.78, 5) is 11.5. The van der Waals surface area contributed by atoms with Crippen LogP contribution in [0.1, 0.15) is 43.4 Å². The number of carbonyl (C=O) groups excluding carboxylic acids is 1. The predicted octanol–water partition coefficient (Wildman–Crippen LogP) is 1.43. The normalized spacial score (nSPS) is 10.3. The van der Waals surface area contributed by atoms with Crippen molar-refractivity contribution in [3.63, 3.8) is 0 Å². The summed E-state index contributed by atoms with van der Waals surface area (Å²) in [6, 6.07) is 0. The van der Waals surface area contributed by atoms with Gasteiger partial charge in [0.1, 0.15) is 0 Å². The Morgan fingerprint density at radius 2 is 2.13 bits per heavy atom. The second-order valence-corrected chi connectivity index (χ2v) is 3.17. The summed E-state index contributed by atoms with van der Waals surface area (Å²) in [5, 5.41) is 7.78. The highest BCUT2D eigenvalue weighted by Crippen LogP contribution is 2.09. The van der Waals surface area contributed by atoms with Crippen LogP contribution in [-0.4, -0.2) is 27.6 Å². The van der Waals surface area contributed by atoms with E-state index in [4.69, 9.17) is 4.74 Å². The molecule has 0 amide bonds. The molecule has 0 atom stereocenters. The Hall–Kier alpha value is -1.39. The van der Waals surface area contributed by atoms with Gasteiger partial charge in [-0.15, -0.1) is 5.10 Å². The van der Waals surface area contributed by atoms with Crippen LogP contribution in [0, 0.1) is 0 Å². The molecule has 1 heterocycles. The van der Waals surface area contributed by atoms with Crippen LogP contribution in [0.5, 0.6) is 0 Å². The molecule has 15 heavy (non-hydrogen) atoms. The molecule has 1 aromatic rings. The molecule has 0 unspecified atom stereocenters. The standard InChI is InChI=1S/C10H17N3O2/c1-4-7-8-9(10(14)15-6-3)11-12-13(8)5-2/h4-7H2,1-3H3. The minimum atomic E-state index is -0.374. The number of aromatic nitrogens is 3. The molecule has 0 aromatic carbocycles. The maximum atomic E-state index is 11.5. The molecule has 0 N–H and O–H groups in total. The van der Waals surface area contributed by atoms with Crippen LogP contribution in [0.15, 0.2) is 0 Å². The van der Waals surface area contributed by atoms with Gasteiger partial charge in [0.2, 0.25) is 0 Å². The molecule has 0 saturated heterocycles. The Morgan fingerprint density at radius 3 is 2.67 bits per heavy atom. The van der Waals surface area contributed by atoms with Crippen LogP contribution in [-0.2, 0) is 17.7 Å². The topological polar surface area (TPSA) is 57.0 Å². The zero-order chi connectivity index (χ0) is 11.3. The third kappa shape index (κ3) is 2.55. The van der Waals surface area contributed by atoms with Crippen molar-refractivity contribution in [1.29, 1.82) is 0 Å². The van der Waals surface area contributed by atoms with Gasteiger partial charge in [0, 0.05) is 6.54 Å². The molecule has 0 radical (unpaired) electrons. The summed E-state index contributed by atoms with van der Waals surface area (Å²) < 4.78 is 6.66. The highest BCUT2D eigenvalue weighted by Gasteiger charge is 2.19. The van der Waals surface area contributed by atoms with Crippen molar-refractivity contribution < 1.29 is 9.53 Å². The summed E-state index contributed by atoms with van der Waals surface area (Å²) in [6.07, 6.45) is 1.76. The number of esters is 1. The second kappa shape index (κ2) is 5.48. The first kappa shape index (κ1) is 11.7. The Kier molecular flexibility index (Phi) is 4.27. The fourth-order valence-electron chi connectivity index (χ4n) is 1.43. The van der Waals surface area contributed by atoms with E-state index in [0.717, 1.165) is 25.1 Å². The SMILES string of the molecule is CCCc1c(C(=O)OCC)nnn1CC. The Bertz CT molecular complexity index is 333. The van der Waals surface area contributed by atoms with E-state index in [1.165, 1.54) is 0 Å². The van der Waals surface area contributed by atoms with Gasteiger partial charge in [0.05, 0.1) is 12.3 Å². The minimum absolute atomic E-state index is 0.362. The average molecular weight is 211 g/mol. The molecular formula is C10H17N3O2. The lowest BCUT2D eigenvalue weighted by Gasteiger charge is -2.03. The third-order valence-electron chi connectivity index (χ3n) is 2.09. The van der Waals surface area contributed by atoms with Crippen molar-refractivity contribution in [2.45, 2.75) is 40.2 Å². The van der Waals surface area contributed by atoms with E-state index in [9.17, 15) is 4.79 Å². The lowest BCUT2D eigenvalue weighted by molar-refractivity contribution is 0.0518. The van der Waals surface area contributed by atoms with Crippen molar-refractivity contribution in [1.82, 2.24) is 15.0 Å². The van der Waals surface area contributed by atoms with Crippen LogP contribution >= 0.6 is 0 Å². The lowest BCUT2D eigenvalue weighted by atomic mass is 10.2. The first-order chi connectivity index (χ1) is 7.24. The summed E-state index contributed by atoms with van der Waals surface area (Å²) in [6.45, 7) is 6.90. The van der Waals surface area contributed by atoms with Gasteiger partial charge in [-0.2, -0.15) is 0 Å². The zero-order valence-corrected chi connectivity index (χ0v) is 9.49. The summed E-state index contributed by atoms with van der Waals surface area (Å²) in [5.74, 6) is -0.374. The number of carbonyl (C=O) groups is 1. The molecule has 0 saturated carbocycles. The highest BCUT2D eigenvalue weighted by atomic mass is 16.5. The zero-order valence-electron chi connectivity index (χ0n) is 9.49. The van der Waals surface area contributed by atoms with Gasteiger partial charge in [0.15, 0.2) is 5.69 Å². The average Bonchev–Trinajstić information content (AvgIpc) is 2.62. The van der Waals surface area contributed by atoms with E-state index in [-0.39, 0.29) is 5.97 Å². The molecule has 84 valence electrons. The van der Waals surface area contributed by atoms with Crippen LogP contribution in [0.4, 0.5) is 0 Å². The molecule has 0 aliphatic heterocycles. The summed E-state index contributed by atoms with van der Waals surface area (Å²) >= 11 is 0. The van der Waals surface area contributed by atoms with Crippen molar-refractivity contribution in [3.8, 4) is 0 Å². The van der Waals surface area contributed by atoms with Gasteiger partial charge in [-0.1, -0.05) is 18.6 Å². The number of hydrogen-bond donors (Lipinski definition) is 0. The van der Waals surface area contributed by atoms with Gasteiger partial charge in [-0.25, -0.2) is 9.48 Å². The van der Waals surface area contributed by atoms with Crippen molar-refractivity contribution >= 4 is 5.97 Å². The molecule has 0 spiro atoms. The molecule has 5 nitrogen and oxygen atoms in total. The Morgan fingerprint density at radius 1 is 1.40 bits per heavy atom. The first-order valence-electron chi connectivity index (χ1n) is 5.34. The number of rotatable bonds is 5. The quantitative estimate of drug-likeness (QED) is 0.691. The van der Waals surface area contributed by atoms with E-state index < -0.39 is 0 Å². The number of ether oxygens (including phenoxy) is 1. The maximum Gasteiger partial charge on any atom is 0.360 e. The maximum absolute atomic E-state index is 11.5. The molecule has 0 aliphatic carbocycles. The van der Waals surface area contributed by atoms with E-state index in [1.807, 2.05) is 6.92 Å². The smallest absolute Gasteiger partial charge is 0.360 e. The van der Waals surface area contributed by atoms with E-state index in [0.29, 0.717) is 12.3 Å². The first-order valence-corrected chi connectivity index (χ1v) is 5.34. The Labute approximate surface area is 89.4 Å². The van der Waals surface area contributed by atoms with Gasteiger partial charge in [-0.05, 0) is 20.3 Å². The number of nitrogens with zero attached hydrogens (tertiary/aromatic N) is 3. The molecule has 0 aliphatic rings.